The zero-order chi connectivity index (χ0) is 11.8. The summed E-state index contributed by atoms with van der Waals surface area (Å²) in [7, 11) is 0. The van der Waals surface area contributed by atoms with Crippen molar-refractivity contribution >= 4 is 0 Å². The summed E-state index contributed by atoms with van der Waals surface area (Å²) in [6, 6.07) is 7.49. The molecule has 3 nitrogen and oxygen atoms in total. The van der Waals surface area contributed by atoms with E-state index in [9.17, 15) is 5.11 Å². The number of nitrogens with two attached hydrogens (primary N) is 1. The standard InChI is InChI=1S/C13H21NO2/c1-2-3-4-8-16-12-7-5-6-11(9-12)13(15)10-14/h5-7,9,13,15H,2-4,8,10,14H2,1H3. The van der Waals surface area contributed by atoms with E-state index in [0.29, 0.717) is 0 Å². The monoisotopic (exact) mass is 223 g/mol. The average Bonchev–Trinajstić information content (AvgIpc) is 2.34. The molecule has 0 spiro atoms. The molecule has 0 bridgehead atoms. The molecule has 90 valence electrons. The fourth-order valence-corrected chi connectivity index (χ4v) is 1.49. The molecular weight excluding hydrogens is 202 g/mol. The minimum atomic E-state index is -0.598. The lowest BCUT2D eigenvalue weighted by atomic mass is 10.1. The molecule has 0 heterocycles. The van der Waals surface area contributed by atoms with Crippen molar-refractivity contribution in [1.29, 1.82) is 0 Å². The molecule has 0 aliphatic rings. The van der Waals surface area contributed by atoms with Gasteiger partial charge < -0.3 is 15.6 Å². The highest BCUT2D eigenvalue weighted by atomic mass is 16.5. The molecule has 1 aromatic rings. The molecule has 1 atom stereocenters. The summed E-state index contributed by atoms with van der Waals surface area (Å²) in [5.41, 5.74) is 6.22. The summed E-state index contributed by atoms with van der Waals surface area (Å²) in [5.74, 6) is 0.807. The van der Waals surface area contributed by atoms with Crippen LogP contribution in [-0.4, -0.2) is 18.3 Å². The Bertz CT molecular complexity index is 302. The third-order valence-electron chi connectivity index (χ3n) is 2.48. The number of aliphatic hydroxyl groups is 1. The molecule has 16 heavy (non-hydrogen) atoms. The third kappa shape index (κ3) is 4.21. The van der Waals surface area contributed by atoms with Crippen molar-refractivity contribution in [1.82, 2.24) is 0 Å². The SMILES string of the molecule is CCCCCOc1cccc(C(O)CN)c1. The number of aliphatic hydroxyl groups excluding tert-OH is 1. The van der Waals surface area contributed by atoms with Crippen molar-refractivity contribution in [3.63, 3.8) is 0 Å². The van der Waals surface area contributed by atoms with Gasteiger partial charge >= 0.3 is 0 Å². The molecule has 3 heteroatoms. The molecule has 0 saturated carbocycles. The highest BCUT2D eigenvalue weighted by molar-refractivity contribution is 5.29. The molecule has 3 N–H and O–H groups in total. The van der Waals surface area contributed by atoms with E-state index < -0.39 is 6.10 Å². The van der Waals surface area contributed by atoms with E-state index in [-0.39, 0.29) is 6.54 Å². The Morgan fingerprint density at radius 1 is 1.38 bits per heavy atom. The molecule has 0 fully saturated rings. The molecule has 1 aromatic carbocycles. The summed E-state index contributed by atoms with van der Waals surface area (Å²) in [4.78, 5) is 0. The minimum absolute atomic E-state index is 0.235. The Labute approximate surface area is 97.2 Å². The van der Waals surface area contributed by atoms with Crippen LogP contribution in [0.3, 0.4) is 0 Å². The van der Waals surface area contributed by atoms with Crippen molar-refractivity contribution < 1.29 is 9.84 Å². The van der Waals surface area contributed by atoms with E-state index in [2.05, 4.69) is 6.92 Å². The molecule has 0 saturated heterocycles. The maximum atomic E-state index is 9.58. The van der Waals surface area contributed by atoms with Gasteiger partial charge in [-0.3, -0.25) is 0 Å². The smallest absolute Gasteiger partial charge is 0.119 e. The van der Waals surface area contributed by atoms with Crippen molar-refractivity contribution in [3.05, 3.63) is 29.8 Å². The van der Waals surface area contributed by atoms with Gasteiger partial charge in [0, 0.05) is 6.54 Å². The van der Waals surface area contributed by atoms with E-state index in [1.807, 2.05) is 24.3 Å². The highest BCUT2D eigenvalue weighted by Gasteiger charge is 2.05. The van der Waals surface area contributed by atoms with Crippen LogP contribution < -0.4 is 10.5 Å². The first kappa shape index (κ1) is 13.0. The molecular formula is C13H21NO2. The van der Waals surface area contributed by atoms with E-state index in [4.69, 9.17) is 10.5 Å². The summed E-state index contributed by atoms with van der Waals surface area (Å²) in [6.07, 6.45) is 2.85. The van der Waals surface area contributed by atoms with Crippen LogP contribution in [0.1, 0.15) is 37.9 Å². The number of unbranched alkanes of at least 4 members (excludes halogenated alkanes) is 2. The Morgan fingerprint density at radius 3 is 2.88 bits per heavy atom. The van der Waals surface area contributed by atoms with Crippen LogP contribution in [0.25, 0.3) is 0 Å². The second-order valence-corrected chi connectivity index (χ2v) is 3.88. The van der Waals surface area contributed by atoms with Crippen molar-refractivity contribution in [2.24, 2.45) is 5.73 Å². The van der Waals surface area contributed by atoms with Gasteiger partial charge in [-0.15, -0.1) is 0 Å². The van der Waals surface area contributed by atoms with Crippen LogP contribution in [0, 0.1) is 0 Å². The van der Waals surface area contributed by atoms with Gasteiger partial charge in [-0.1, -0.05) is 31.9 Å². The Balaban J connectivity index is 2.47. The summed E-state index contributed by atoms with van der Waals surface area (Å²) in [6.45, 7) is 3.13. The van der Waals surface area contributed by atoms with Crippen molar-refractivity contribution in [2.45, 2.75) is 32.3 Å². The molecule has 0 aromatic heterocycles. The van der Waals surface area contributed by atoms with Crippen LogP contribution >= 0.6 is 0 Å². The van der Waals surface area contributed by atoms with E-state index >= 15 is 0 Å². The second kappa shape index (κ2) is 7.25. The molecule has 1 unspecified atom stereocenters. The number of hydrogen-bond acceptors (Lipinski definition) is 3. The van der Waals surface area contributed by atoms with E-state index in [1.54, 1.807) is 0 Å². The molecule has 0 aliphatic heterocycles. The van der Waals surface area contributed by atoms with Crippen LogP contribution in [-0.2, 0) is 0 Å². The third-order valence-corrected chi connectivity index (χ3v) is 2.48. The second-order valence-electron chi connectivity index (χ2n) is 3.88. The fourth-order valence-electron chi connectivity index (χ4n) is 1.49. The van der Waals surface area contributed by atoms with Gasteiger partial charge in [-0.2, -0.15) is 0 Å². The topological polar surface area (TPSA) is 55.5 Å². The summed E-state index contributed by atoms with van der Waals surface area (Å²) in [5, 5.41) is 9.58. The lowest BCUT2D eigenvalue weighted by Crippen LogP contribution is -2.11. The molecule has 0 aliphatic carbocycles. The maximum Gasteiger partial charge on any atom is 0.119 e. The van der Waals surface area contributed by atoms with Crippen LogP contribution in [0.15, 0.2) is 24.3 Å². The lowest BCUT2D eigenvalue weighted by Gasteiger charge is -2.10. The van der Waals surface area contributed by atoms with Gasteiger partial charge in [-0.25, -0.2) is 0 Å². The van der Waals surface area contributed by atoms with Gasteiger partial charge in [-0.05, 0) is 24.1 Å². The summed E-state index contributed by atoms with van der Waals surface area (Å²) >= 11 is 0. The highest BCUT2D eigenvalue weighted by Crippen LogP contribution is 2.18. The van der Waals surface area contributed by atoms with Gasteiger partial charge in [0.25, 0.3) is 0 Å². The first-order valence-electron chi connectivity index (χ1n) is 5.88. The Kier molecular flexibility index (Phi) is 5.90. The van der Waals surface area contributed by atoms with Crippen molar-refractivity contribution in [3.8, 4) is 5.75 Å². The van der Waals surface area contributed by atoms with Crippen LogP contribution in [0.2, 0.25) is 0 Å². The van der Waals surface area contributed by atoms with Gasteiger partial charge in [0.15, 0.2) is 0 Å². The number of benzene rings is 1. The van der Waals surface area contributed by atoms with Crippen LogP contribution in [0.5, 0.6) is 5.75 Å². The van der Waals surface area contributed by atoms with Crippen molar-refractivity contribution in [2.75, 3.05) is 13.2 Å². The normalized spacial score (nSPS) is 12.4. The Hall–Kier alpha value is -1.06. The average molecular weight is 223 g/mol. The quantitative estimate of drug-likeness (QED) is 0.697. The van der Waals surface area contributed by atoms with Gasteiger partial charge in [0.05, 0.1) is 12.7 Å². The van der Waals surface area contributed by atoms with Gasteiger partial charge in [0.2, 0.25) is 0 Å². The number of rotatable bonds is 7. The predicted octanol–water partition coefficient (Wildman–Crippen LogP) is 2.25. The summed E-state index contributed by atoms with van der Waals surface area (Å²) < 4.78 is 5.59. The lowest BCUT2D eigenvalue weighted by molar-refractivity contribution is 0.186. The van der Waals surface area contributed by atoms with E-state index in [1.165, 1.54) is 12.8 Å². The number of hydrogen-bond donors (Lipinski definition) is 2. The van der Waals surface area contributed by atoms with E-state index in [0.717, 1.165) is 24.3 Å². The van der Waals surface area contributed by atoms with Crippen LogP contribution in [0.4, 0.5) is 0 Å². The Morgan fingerprint density at radius 2 is 2.19 bits per heavy atom. The molecule has 0 amide bonds. The predicted molar refractivity (Wildman–Crippen MR) is 65.5 cm³/mol. The molecule has 0 radical (unpaired) electrons. The zero-order valence-electron chi connectivity index (χ0n) is 9.86. The number of ether oxygens (including phenoxy) is 1. The largest absolute Gasteiger partial charge is 0.494 e. The maximum absolute atomic E-state index is 9.58. The first-order chi connectivity index (χ1) is 7.77. The minimum Gasteiger partial charge on any atom is -0.494 e. The first-order valence-corrected chi connectivity index (χ1v) is 5.88. The fraction of sp³-hybridized carbons (Fsp3) is 0.538. The molecule has 1 rings (SSSR count). The van der Waals surface area contributed by atoms with Gasteiger partial charge in [0.1, 0.15) is 5.75 Å². The zero-order valence-corrected chi connectivity index (χ0v) is 9.86.